The summed E-state index contributed by atoms with van der Waals surface area (Å²) in [6.45, 7) is 5.38. The molecule has 0 aromatic heterocycles. The summed E-state index contributed by atoms with van der Waals surface area (Å²) in [5, 5.41) is 2.80. The first kappa shape index (κ1) is 23.5. The third-order valence-corrected chi connectivity index (χ3v) is 5.57. The molecule has 0 bridgehead atoms. The molecule has 2 rings (SSSR count). The molecule has 0 aliphatic rings. The number of aryl methyl sites for hydroxylation is 1. The van der Waals surface area contributed by atoms with Crippen molar-refractivity contribution in [2.24, 2.45) is 0 Å². The van der Waals surface area contributed by atoms with Gasteiger partial charge in [0.25, 0.3) is 0 Å². The zero-order valence-corrected chi connectivity index (χ0v) is 18.6. The predicted octanol–water partition coefficient (Wildman–Crippen LogP) is 3.14. The molecule has 0 atom stereocenters. The molecule has 2 aromatic rings. The molecule has 0 aliphatic heterocycles. The van der Waals surface area contributed by atoms with Crippen LogP contribution in [0.25, 0.3) is 0 Å². The van der Waals surface area contributed by atoms with Crippen molar-refractivity contribution in [3.05, 3.63) is 54.1 Å². The van der Waals surface area contributed by atoms with Crippen molar-refractivity contribution in [2.45, 2.75) is 26.7 Å². The number of carbonyl (C=O) groups excluding carboxylic acids is 1. The molecule has 0 fully saturated rings. The Balaban J connectivity index is 1.77. The average molecular weight is 435 g/mol. The van der Waals surface area contributed by atoms with Crippen molar-refractivity contribution in [1.82, 2.24) is 5.32 Å². The lowest BCUT2D eigenvalue weighted by Gasteiger charge is -2.22. The third-order valence-electron chi connectivity index (χ3n) is 4.38. The van der Waals surface area contributed by atoms with Gasteiger partial charge in [-0.15, -0.1) is 0 Å². The van der Waals surface area contributed by atoms with Crippen LogP contribution in [0.2, 0.25) is 0 Å². The van der Waals surface area contributed by atoms with Gasteiger partial charge in [-0.1, -0.05) is 18.2 Å². The fourth-order valence-electron chi connectivity index (χ4n) is 2.90. The summed E-state index contributed by atoms with van der Waals surface area (Å²) >= 11 is 0. The Morgan fingerprint density at radius 2 is 1.77 bits per heavy atom. The number of amides is 1. The Kier molecular flexibility index (Phi) is 8.98. The summed E-state index contributed by atoms with van der Waals surface area (Å²) in [6.07, 6.45) is 1.80. The number of rotatable bonds is 12. The number of carbonyl (C=O) groups is 1. The van der Waals surface area contributed by atoms with Gasteiger partial charge in [-0.25, -0.2) is 8.42 Å². The van der Waals surface area contributed by atoms with E-state index in [0.29, 0.717) is 37.6 Å². The molecule has 0 spiro atoms. The van der Waals surface area contributed by atoms with Crippen LogP contribution in [0.4, 0.5) is 5.69 Å². The lowest BCUT2D eigenvalue weighted by molar-refractivity contribution is -0.121. The largest absolute Gasteiger partial charge is 0.494 e. The first-order chi connectivity index (χ1) is 14.3. The summed E-state index contributed by atoms with van der Waals surface area (Å²) < 4.78 is 36.7. The van der Waals surface area contributed by atoms with Crippen molar-refractivity contribution in [3.63, 3.8) is 0 Å². The standard InChI is InChI=1S/C22H30N2O5S/c1-4-28-20-13-11-19(12-14-20)24(30(3,26)27)16-7-10-22(25)23-15-17-29-21-9-6-5-8-18(21)2/h5-6,8-9,11-14H,4,7,10,15-17H2,1-3H3,(H,23,25). The van der Waals surface area contributed by atoms with Crippen LogP contribution in [-0.4, -0.2) is 46.9 Å². The molecule has 1 amide bonds. The van der Waals surface area contributed by atoms with E-state index in [-0.39, 0.29) is 18.9 Å². The molecule has 0 heterocycles. The van der Waals surface area contributed by atoms with E-state index in [4.69, 9.17) is 9.47 Å². The van der Waals surface area contributed by atoms with Crippen LogP contribution in [0, 0.1) is 6.92 Å². The Morgan fingerprint density at radius 3 is 2.40 bits per heavy atom. The van der Waals surface area contributed by atoms with E-state index in [0.717, 1.165) is 17.6 Å². The minimum Gasteiger partial charge on any atom is -0.494 e. The van der Waals surface area contributed by atoms with Crippen molar-refractivity contribution in [3.8, 4) is 11.5 Å². The lowest BCUT2D eigenvalue weighted by Crippen LogP contribution is -2.32. The van der Waals surface area contributed by atoms with E-state index in [9.17, 15) is 13.2 Å². The Morgan fingerprint density at radius 1 is 1.07 bits per heavy atom. The quantitative estimate of drug-likeness (QED) is 0.519. The van der Waals surface area contributed by atoms with Crippen LogP contribution in [0.3, 0.4) is 0 Å². The third kappa shape index (κ3) is 7.59. The average Bonchev–Trinajstić information content (AvgIpc) is 2.70. The normalized spacial score (nSPS) is 11.0. The second-order valence-corrected chi connectivity index (χ2v) is 8.74. The molecule has 0 saturated heterocycles. The fourth-order valence-corrected chi connectivity index (χ4v) is 3.87. The Labute approximate surface area is 179 Å². The SMILES string of the molecule is CCOc1ccc(N(CCCC(=O)NCCOc2ccccc2C)S(C)(=O)=O)cc1. The molecule has 30 heavy (non-hydrogen) atoms. The molecule has 0 radical (unpaired) electrons. The Bertz CT molecular complexity index is 913. The summed E-state index contributed by atoms with van der Waals surface area (Å²) in [5.74, 6) is 1.34. The minimum absolute atomic E-state index is 0.136. The molecule has 7 nitrogen and oxygen atoms in total. The lowest BCUT2D eigenvalue weighted by atomic mass is 10.2. The molecule has 0 aliphatic carbocycles. The van der Waals surface area contributed by atoms with Gasteiger partial charge >= 0.3 is 0 Å². The van der Waals surface area contributed by atoms with Gasteiger partial charge in [0, 0.05) is 13.0 Å². The molecule has 1 N–H and O–H groups in total. The second-order valence-electron chi connectivity index (χ2n) is 6.83. The van der Waals surface area contributed by atoms with Gasteiger partial charge in [0.15, 0.2) is 0 Å². The molecular formula is C22H30N2O5S. The number of hydrogen-bond acceptors (Lipinski definition) is 5. The van der Waals surface area contributed by atoms with E-state index in [2.05, 4.69) is 5.32 Å². The van der Waals surface area contributed by atoms with Crippen LogP contribution in [0.1, 0.15) is 25.3 Å². The van der Waals surface area contributed by atoms with Crippen LogP contribution >= 0.6 is 0 Å². The highest BCUT2D eigenvalue weighted by Gasteiger charge is 2.17. The first-order valence-electron chi connectivity index (χ1n) is 9.97. The number of anilines is 1. The van der Waals surface area contributed by atoms with Crippen molar-refractivity contribution in [1.29, 1.82) is 0 Å². The number of para-hydroxylation sites is 1. The van der Waals surface area contributed by atoms with Crippen molar-refractivity contribution >= 4 is 21.6 Å². The highest BCUT2D eigenvalue weighted by Crippen LogP contribution is 2.22. The maximum atomic E-state index is 12.2. The van der Waals surface area contributed by atoms with E-state index >= 15 is 0 Å². The number of ether oxygens (including phenoxy) is 2. The zero-order chi connectivity index (χ0) is 22.0. The summed E-state index contributed by atoms with van der Waals surface area (Å²) in [7, 11) is -3.46. The van der Waals surface area contributed by atoms with Crippen LogP contribution in [0.15, 0.2) is 48.5 Å². The van der Waals surface area contributed by atoms with E-state index in [1.54, 1.807) is 24.3 Å². The molecule has 8 heteroatoms. The van der Waals surface area contributed by atoms with Gasteiger partial charge in [0.2, 0.25) is 15.9 Å². The van der Waals surface area contributed by atoms with Gasteiger partial charge in [-0.2, -0.15) is 0 Å². The Hall–Kier alpha value is -2.74. The molecule has 0 saturated carbocycles. The van der Waals surface area contributed by atoms with E-state index in [1.807, 2.05) is 38.1 Å². The second kappa shape index (κ2) is 11.4. The summed E-state index contributed by atoms with van der Waals surface area (Å²) in [5.41, 5.74) is 1.59. The number of sulfonamides is 1. The molecule has 2 aromatic carbocycles. The summed E-state index contributed by atoms with van der Waals surface area (Å²) in [4.78, 5) is 12.1. The topological polar surface area (TPSA) is 84.9 Å². The molecule has 164 valence electrons. The van der Waals surface area contributed by atoms with Gasteiger partial charge in [-0.3, -0.25) is 9.10 Å². The first-order valence-corrected chi connectivity index (χ1v) is 11.8. The fraction of sp³-hybridized carbons (Fsp3) is 0.409. The van der Waals surface area contributed by atoms with Crippen LogP contribution < -0.4 is 19.1 Å². The van der Waals surface area contributed by atoms with Gasteiger partial charge in [0.1, 0.15) is 18.1 Å². The van der Waals surface area contributed by atoms with E-state index < -0.39 is 10.0 Å². The van der Waals surface area contributed by atoms with Gasteiger partial charge in [0.05, 0.1) is 25.1 Å². The van der Waals surface area contributed by atoms with Gasteiger partial charge < -0.3 is 14.8 Å². The molecule has 0 unspecified atom stereocenters. The maximum absolute atomic E-state index is 12.2. The zero-order valence-electron chi connectivity index (χ0n) is 17.8. The number of hydrogen-bond donors (Lipinski definition) is 1. The highest BCUT2D eigenvalue weighted by molar-refractivity contribution is 7.92. The number of benzene rings is 2. The number of nitrogens with zero attached hydrogens (tertiary/aromatic N) is 1. The number of nitrogens with one attached hydrogen (secondary N) is 1. The highest BCUT2D eigenvalue weighted by atomic mass is 32.2. The van der Waals surface area contributed by atoms with Crippen molar-refractivity contribution in [2.75, 3.05) is 36.9 Å². The van der Waals surface area contributed by atoms with Gasteiger partial charge in [-0.05, 0) is 56.2 Å². The monoisotopic (exact) mass is 434 g/mol. The minimum atomic E-state index is -3.46. The van der Waals surface area contributed by atoms with Crippen molar-refractivity contribution < 1.29 is 22.7 Å². The van der Waals surface area contributed by atoms with Crippen LogP contribution in [-0.2, 0) is 14.8 Å². The van der Waals surface area contributed by atoms with E-state index in [1.165, 1.54) is 4.31 Å². The molecular weight excluding hydrogens is 404 g/mol. The van der Waals surface area contributed by atoms with Crippen LogP contribution in [0.5, 0.6) is 11.5 Å². The summed E-state index contributed by atoms with van der Waals surface area (Å²) in [6, 6.07) is 14.6. The smallest absolute Gasteiger partial charge is 0.232 e. The maximum Gasteiger partial charge on any atom is 0.232 e. The predicted molar refractivity (Wildman–Crippen MR) is 119 cm³/mol.